The zero-order valence-corrected chi connectivity index (χ0v) is 20.5. The minimum Gasteiger partial charge on any atom is -0.393 e. The molecular weight excluding hydrogens is 400 g/mol. The number of aliphatic hydroxyl groups excluding tert-OH is 2. The number of amides is 1. The molecule has 32 heavy (non-hydrogen) atoms. The summed E-state index contributed by atoms with van der Waals surface area (Å²) in [6.45, 7) is 9.48. The zero-order valence-electron chi connectivity index (χ0n) is 20.5. The number of nitrogens with zero attached hydrogens (tertiary/aromatic N) is 1. The Hall–Kier alpha value is -1.12. The highest BCUT2D eigenvalue weighted by Gasteiger charge is 2.64. The van der Waals surface area contributed by atoms with Gasteiger partial charge >= 0.3 is 0 Å². The molecule has 1 amide bonds. The molecular formula is C27H44N2O3. The summed E-state index contributed by atoms with van der Waals surface area (Å²) in [4.78, 5) is 11.8. The number of carbonyl (C=O) groups excluding carboxylic acids is 1. The van der Waals surface area contributed by atoms with E-state index in [9.17, 15) is 15.0 Å². The Morgan fingerprint density at radius 3 is 2.47 bits per heavy atom. The number of hydrogen-bond acceptors (Lipinski definition) is 4. The SMILES string of the molecule is CC[C@H]1[C@@H](O)C2[C@H](CC[C@]3(C)[C@@H]([C@H](C)CCC(=O)NC#N)CC[C@@H]23)C2(C)CC[C@@H](O)C[C@@H]12. The largest absolute Gasteiger partial charge is 0.393 e. The highest BCUT2D eigenvalue weighted by Crippen LogP contribution is 2.69. The minimum atomic E-state index is -0.256. The summed E-state index contributed by atoms with van der Waals surface area (Å²) < 4.78 is 0. The Balaban J connectivity index is 1.56. The Morgan fingerprint density at radius 1 is 1.09 bits per heavy atom. The van der Waals surface area contributed by atoms with Crippen LogP contribution in [0.4, 0.5) is 0 Å². The number of hydrogen-bond donors (Lipinski definition) is 3. The molecule has 3 N–H and O–H groups in total. The Bertz CT molecular complexity index is 750. The Morgan fingerprint density at radius 2 is 1.78 bits per heavy atom. The first-order valence-electron chi connectivity index (χ1n) is 13.2. The lowest BCUT2D eigenvalue weighted by Crippen LogP contribution is -2.62. The lowest BCUT2D eigenvalue weighted by atomic mass is 9.41. The molecule has 4 saturated carbocycles. The fraction of sp³-hybridized carbons (Fsp3) is 0.926. The zero-order chi connectivity index (χ0) is 23.3. The second-order valence-electron chi connectivity index (χ2n) is 12.3. The van der Waals surface area contributed by atoms with Gasteiger partial charge in [0.15, 0.2) is 6.19 Å². The Kier molecular flexibility index (Phi) is 6.69. The molecule has 2 unspecified atom stereocenters. The van der Waals surface area contributed by atoms with Crippen LogP contribution in [0.5, 0.6) is 0 Å². The van der Waals surface area contributed by atoms with Crippen LogP contribution in [0.15, 0.2) is 0 Å². The molecule has 4 aliphatic rings. The quantitative estimate of drug-likeness (QED) is 0.426. The summed E-state index contributed by atoms with van der Waals surface area (Å²) in [5.74, 6) is 3.07. The predicted octanol–water partition coefficient (Wildman–Crippen LogP) is 4.63. The molecule has 11 atom stereocenters. The van der Waals surface area contributed by atoms with Crippen LogP contribution in [-0.4, -0.2) is 28.3 Å². The van der Waals surface area contributed by atoms with Crippen LogP contribution in [0, 0.1) is 63.7 Å². The summed E-state index contributed by atoms with van der Waals surface area (Å²) in [5.41, 5.74) is 0.465. The lowest BCUT2D eigenvalue weighted by molar-refractivity contribution is -0.203. The van der Waals surface area contributed by atoms with Crippen LogP contribution in [-0.2, 0) is 4.79 Å². The van der Waals surface area contributed by atoms with Gasteiger partial charge in [-0.05, 0) is 104 Å². The number of fused-ring (bicyclic) bond motifs is 5. The van der Waals surface area contributed by atoms with E-state index < -0.39 is 0 Å². The maximum Gasteiger partial charge on any atom is 0.232 e. The maximum atomic E-state index is 11.8. The van der Waals surface area contributed by atoms with Gasteiger partial charge in [0.1, 0.15) is 0 Å². The van der Waals surface area contributed by atoms with E-state index in [-0.39, 0.29) is 28.9 Å². The minimum absolute atomic E-state index is 0.172. The maximum absolute atomic E-state index is 11.8. The van der Waals surface area contributed by atoms with Crippen LogP contribution >= 0.6 is 0 Å². The van der Waals surface area contributed by atoms with Gasteiger partial charge in [-0.2, -0.15) is 5.26 Å². The average molecular weight is 445 g/mol. The number of nitrogens with one attached hydrogen (secondary N) is 1. The van der Waals surface area contributed by atoms with Crippen LogP contribution < -0.4 is 5.32 Å². The molecule has 0 aliphatic heterocycles. The van der Waals surface area contributed by atoms with Gasteiger partial charge in [-0.25, -0.2) is 0 Å². The molecule has 4 rings (SSSR count). The molecule has 180 valence electrons. The van der Waals surface area contributed by atoms with Crippen molar-refractivity contribution in [3.63, 3.8) is 0 Å². The summed E-state index contributed by atoms with van der Waals surface area (Å²) in [6.07, 6.45) is 11.2. The first-order valence-corrected chi connectivity index (χ1v) is 13.2. The highest BCUT2D eigenvalue weighted by molar-refractivity contribution is 5.77. The molecule has 0 aromatic rings. The second kappa shape index (κ2) is 8.91. The van der Waals surface area contributed by atoms with E-state index in [4.69, 9.17) is 5.26 Å². The van der Waals surface area contributed by atoms with Crippen molar-refractivity contribution in [2.24, 2.45) is 52.3 Å². The van der Waals surface area contributed by atoms with E-state index in [1.54, 1.807) is 6.19 Å². The molecule has 0 aromatic carbocycles. The second-order valence-corrected chi connectivity index (χ2v) is 12.3. The molecule has 5 nitrogen and oxygen atoms in total. The third-order valence-electron chi connectivity index (χ3n) is 11.2. The van der Waals surface area contributed by atoms with Gasteiger partial charge in [0.05, 0.1) is 12.2 Å². The van der Waals surface area contributed by atoms with Gasteiger partial charge in [0.25, 0.3) is 0 Å². The van der Waals surface area contributed by atoms with Crippen molar-refractivity contribution in [1.29, 1.82) is 5.26 Å². The smallest absolute Gasteiger partial charge is 0.232 e. The fourth-order valence-electron chi connectivity index (χ4n) is 9.62. The monoisotopic (exact) mass is 444 g/mol. The van der Waals surface area contributed by atoms with Crippen molar-refractivity contribution in [1.82, 2.24) is 5.32 Å². The van der Waals surface area contributed by atoms with Crippen molar-refractivity contribution in [3.8, 4) is 6.19 Å². The number of nitriles is 1. The Labute approximate surface area is 194 Å². The van der Waals surface area contributed by atoms with E-state index in [0.717, 1.165) is 32.1 Å². The highest BCUT2D eigenvalue weighted by atomic mass is 16.3. The first-order chi connectivity index (χ1) is 15.2. The average Bonchev–Trinajstić information content (AvgIpc) is 3.11. The van der Waals surface area contributed by atoms with Gasteiger partial charge in [-0.1, -0.05) is 34.1 Å². The molecule has 0 saturated heterocycles. The van der Waals surface area contributed by atoms with Crippen molar-refractivity contribution < 1.29 is 15.0 Å². The molecule has 0 radical (unpaired) electrons. The third-order valence-corrected chi connectivity index (χ3v) is 11.2. The van der Waals surface area contributed by atoms with Crippen molar-refractivity contribution in [2.45, 2.75) is 104 Å². The lowest BCUT2D eigenvalue weighted by Gasteiger charge is -2.64. The van der Waals surface area contributed by atoms with Crippen LogP contribution in [0.25, 0.3) is 0 Å². The van der Waals surface area contributed by atoms with Gasteiger partial charge in [0, 0.05) is 6.42 Å². The van der Waals surface area contributed by atoms with E-state index in [1.807, 2.05) is 0 Å². The van der Waals surface area contributed by atoms with Gasteiger partial charge in [-0.15, -0.1) is 0 Å². The van der Waals surface area contributed by atoms with E-state index in [1.165, 1.54) is 25.7 Å². The molecule has 0 aromatic heterocycles. The summed E-state index contributed by atoms with van der Waals surface area (Å²) in [7, 11) is 0. The van der Waals surface area contributed by atoms with Crippen LogP contribution in [0.3, 0.4) is 0 Å². The van der Waals surface area contributed by atoms with E-state index in [2.05, 4.69) is 33.0 Å². The number of carbonyl (C=O) groups is 1. The number of aliphatic hydroxyl groups is 2. The van der Waals surface area contributed by atoms with Gasteiger partial charge in [0.2, 0.25) is 5.91 Å². The predicted molar refractivity (Wildman–Crippen MR) is 124 cm³/mol. The van der Waals surface area contributed by atoms with E-state index in [0.29, 0.717) is 47.8 Å². The van der Waals surface area contributed by atoms with Crippen LogP contribution in [0.1, 0.15) is 91.9 Å². The summed E-state index contributed by atoms with van der Waals surface area (Å²) >= 11 is 0. The molecule has 4 fully saturated rings. The van der Waals surface area contributed by atoms with Crippen molar-refractivity contribution >= 4 is 5.91 Å². The fourth-order valence-corrected chi connectivity index (χ4v) is 9.62. The van der Waals surface area contributed by atoms with Crippen molar-refractivity contribution in [2.75, 3.05) is 0 Å². The first kappa shape index (κ1) is 24.0. The normalized spacial score (nSPS) is 48.7. The van der Waals surface area contributed by atoms with Crippen LogP contribution in [0.2, 0.25) is 0 Å². The van der Waals surface area contributed by atoms with E-state index >= 15 is 0 Å². The molecule has 0 heterocycles. The molecule has 0 bridgehead atoms. The molecule has 0 spiro atoms. The molecule has 4 aliphatic carbocycles. The summed E-state index contributed by atoms with van der Waals surface area (Å²) in [5, 5.41) is 33.1. The third kappa shape index (κ3) is 3.70. The van der Waals surface area contributed by atoms with Gasteiger partial charge in [-0.3, -0.25) is 10.1 Å². The van der Waals surface area contributed by atoms with Gasteiger partial charge < -0.3 is 10.2 Å². The standard InChI is InChI=1S/C27H44N2O3/c1-5-18-22-14-17(30)10-12-27(22,4)21-11-13-26(3)19(7-8-20(26)24(21)25(18)32)16(2)6-9-23(31)29-15-28/h16-22,24-25,30,32H,5-14H2,1-4H3,(H,29,31)/t16-,17-,18-,19-,20+,21+,22+,24?,25-,26-,27?/m1/s1. The topological polar surface area (TPSA) is 93.4 Å². The summed E-state index contributed by atoms with van der Waals surface area (Å²) in [6, 6.07) is 0. The van der Waals surface area contributed by atoms with Crippen molar-refractivity contribution in [3.05, 3.63) is 0 Å². The number of rotatable bonds is 5. The molecule has 5 heteroatoms.